The van der Waals surface area contributed by atoms with E-state index in [0.29, 0.717) is 19.6 Å². The number of halogens is 2. The summed E-state index contributed by atoms with van der Waals surface area (Å²) in [4.78, 5) is 2.14. The summed E-state index contributed by atoms with van der Waals surface area (Å²) in [6.07, 6.45) is 1.87. The quantitative estimate of drug-likeness (QED) is 0.832. The Morgan fingerprint density at radius 3 is 2.50 bits per heavy atom. The average molecular weight is 338 g/mol. The van der Waals surface area contributed by atoms with Gasteiger partial charge in [0.05, 0.1) is 0 Å². The van der Waals surface area contributed by atoms with Crippen LogP contribution in [0.4, 0.5) is 8.78 Å². The van der Waals surface area contributed by atoms with Crippen molar-refractivity contribution in [2.75, 3.05) is 25.9 Å². The molecule has 4 nitrogen and oxygen atoms in total. The fraction of sp³-hybridized carbons (Fsp3) is 0.600. The number of nitrogens with zero attached hydrogens (tertiary/aromatic N) is 1. The maximum atomic E-state index is 14.2. The smallest absolute Gasteiger partial charge is 0.257 e. The summed E-state index contributed by atoms with van der Waals surface area (Å²) in [6.45, 7) is 3.65. The normalized spacial score (nSPS) is 24.2. The molecule has 0 bridgehead atoms. The fourth-order valence-corrected chi connectivity index (χ4v) is 3.14. The van der Waals surface area contributed by atoms with Gasteiger partial charge in [0.15, 0.2) is 0 Å². The van der Waals surface area contributed by atoms with Crippen LogP contribution in [0, 0.1) is 11.8 Å². The van der Waals surface area contributed by atoms with Crippen molar-refractivity contribution in [3.63, 3.8) is 0 Å². The number of likely N-dealkylation sites (tertiary alicyclic amines) is 1. The fourth-order valence-electron chi connectivity index (χ4n) is 2.77. The van der Waals surface area contributed by atoms with E-state index >= 15 is 0 Å². The first-order valence-corrected chi connectivity index (χ1v) is 8.16. The Balaban J connectivity index is 0. The molecule has 7 heteroatoms. The zero-order valence-electron chi connectivity index (χ0n) is 13.0. The van der Waals surface area contributed by atoms with Crippen LogP contribution >= 0.6 is 11.9 Å². The molecule has 0 aromatic heterocycles. The predicted molar refractivity (Wildman–Crippen MR) is 90.2 cm³/mol. The first-order valence-electron chi connectivity index (χ1n) is 6.94. The van der Waals surface area contributed by atoms with Gasteiger partial charge in [-0.2, -0.15) is 0 Å². The summed E-state index contributed by atoms with van der Waals surface area (Å²) in [5.74, 6) is -3.81. The molecule has 0 aliphatic carbocycles. The van der Waals surface area contributed by atoms with E-state index < -0.39 is 17.8 Å². The minimum absolute atomic E-state index is 0. The molecular formula is C15H28F2N2O2S. The Morgan fingerprint density at radius 2 is 1.91 bits per heavy atom. The maximum Gasteiger partial charge on any atom is 0.257 e. The first kappa shape index (κ1) is 21.3. The second-order valence-electron chi connectivity index (χ2n) is 5.50. The van der Waals surface area contributed by atoms with Crippen LogP contribution in [0.15, 0.2) is 30.3 Å². The van der Waals surface area contributed by atoms with Crippen molar-refractivity contribution in [1.82, 2.24) is 9.62 Å². The highest BCUT2D eigenvalue weighted by atomic mass is 32.2. The molecule has 130 valence electrons. The van der Waals surface area contributed by atoms with Gasteiger partial charge in [0.25, 0.3) is 5.92 Å². The van der Waals surface area contributed by atoms with Crippen LogP contribution in [0.2, 0.25) is 0 Å². The van der Waals surface area contributed by atoms with Crippen LogP contribution in [0.1, 0.15) is 13.9 Å². The summed E-state index contributed by atoms with van der Waals surface area (Å²) in [5, 5.41) is 0. The lowest BCUT2D eigenvalue weighted by atomic mass is 9.85. The van der Waals surface area contributed by atoms with Crippen LogP contribution in [0.5, 0.6) is 0 Å². The standard InChI is InChI=1S/C15H22F2N2S.2H2O.H2/c1-12-9-19(10-13-6-4-3-5-7-13)11-14(8-18-20-2)15(12,16)17;;;/h3-7,12,14,18H,8-11H2,1-2H3;2*1H2;1H. The van der Waals surface area contributed by atoms with E-state index in [2.05, 4.69) is 9.62 Å². The van der Waals surface area contributed by atoms with E-state index in [1.807, 2.05) is 36.6 Å². The molecular weight excluding hydrogens is 310 g/mol. The third-order valence-corrected chi connectivity index (χ3v) is 4.39. The van der Waals surface area contributed by atoms with Crippen LogP contribution in [0.25, 0.3) is 0 Å². The van der Waals surface area contributed by atoms with E-state index in [9.17, 15) is 8.78 Å². The van der Waals surface area contributed by atoms with Crippen LogP contribution < -0.4 is 4.72 Å². The topological polar surface area (TPSA) is 78.3 Å². The molecule has 0 saturated carbocycles. The Hall–Kier alpha value is -0.730. The number of rotatable bonds is 5. The molecule has 22 heavy (non-hydrogen) atoms. The summed E-state index contributed by atoms with van der Waals surface area (Å²) in [6, 6.07) is 10.1. The number of piperidine rings is 1. The van der Waals surface area contributed by atoms with Gasteiger partial charge in [-0.15, -0.1) is 0 Å². The van der Waals surface area contributed by atoms with Crippen molar-refractivity contribution < 1.29 is 21.2 Å². The highest BCUT2D eigenvalue weighted by Gasteiger charge is 2.48. The Bertz CT molecular complexity index is 429. The largest absolute Gasteiger partial charge is 0.412 e. The van der Waals surface area contributed by atoms with Gasteiger partial charge < -0.3 is 11.0 Å². The lowest BCUT2D eigenvalue weighted by Gasteiger charge is -2.42. The summed E-state index contributed by atoms with van der Waals surface area (Å²) < 4.78 is 31.4. The predicted octanol–water partition coefficient (Wildman–Crippen LogP) is 1.85. The van der Waals surface area contributed by atoms with E-state index in [4.69, 9.17) is 0 Å². The van der Waals surface area contributed by atoms with Gasteiger partial charge in [-0.1, -0.05) is 49.2 Å². The highest BCUT2D eigenvalue weighted by Crippen LogP contribution is 2.38. The SMILES string of the molecule is CSNCC1CN(Cc2ccccc2)CC(C)C1(F)F.O.O.[HH]. The molecule has 1 heterocycles. The number of nitrogens with one attached hydrogen (secondary N) is 1. The second kappa shape index (κ2) is 9.42. The van der Waals surface area contributed by atoms with E-state index in [0.717, 1.165) is 6.54 Å². The van der Waals surface area contributed by atoms with Gasteiger partial charge >= 0.3 is 0 Å². The molecule has 1 aliphatic heterocycles. The summed E-state index contributed by atoms with van der Waals surface area (Å²) in [5.41, 5.74) is 1.18. The van der Waals surface area contributed by atoms with Gasteiger partial charge in [-0.25, -0.2) is 8.78 Å². The molecule has 5 N–H and O–H groups in total. The van der Waals surface area contributed by atoms with Gasteiger partial charge in [-0.05, 0) is 11.8 Å². The monoisotopic (exact) mass is 338 g/mol. The lowest BCUT2D eigenvalue weighted by molar-refractivity contribution is -0.143. The molecule has 1 aliphatic rings. The molecule has 1 aromatic rings. The van der Waals surface area contributed by atoms with Gasteiger partial charge in [0.1, 0.15) is 0 Å². The first-order chi connectivity index (χ1) is 9.54. The maximum absolute atomic E-state index is 14.2. The van der Waals surface area contributed by atoms with E-state index in [1.54, 1.807) is 6.92 Å². The molecule has 0 radical (unpaired) electrons. The molecule has 1 saturated heterocycles. The van der Waals surface area contributed by atoms with Crippen molar-refractivity contribution in [2.24, 2.45) is 11.8 Å². The molecule has 2 rings (SSSR count). The molecule has 1 aromatic carbocycles. The van der Waals surface area contributed by atoms with Crippen LogP contribution in [-0.4, -0.2) is 47.7 Å². The average Bonchev–Trinajstić information content (AvgIpc) is 2.42. The van der Waals surface area contributed by atoms with Crippen LogP contribution in [-0.2, 0) is 6.54 Å². The molecule has 2 atom stereocenters. The highest BCUT2D eigenvalue weighted by molar-refractivity contribution is 7.96. The zero-order chi connectivity index (χ0) is 14.6. The number of hydrogen-bond donors (Lipinski definition) is 1. The van der Waals surface area contributed by atoms with Crippen LogP contribution in [0.3, 0.4) is 0 Å². The summed E-state index contributed by atoms with van der Waals surface area (Å²) in [7, 11) is 0. The molecule has 0 spiro atoms. The zero-order valence-corrected chi connectivity index (χ0v) is 13.8. The van der Waals surface area contributed by atoms with Gasteiger partial charge in [-0.3, -0.25) is 9.62 Å². The Labute approximate surface area is 136 Å². The Kier molecular flexibility index (Phi) is 9.11. The van der Waals surface area contributed by atoms with E-state index in [1.165, 1.54) is 17.5 Å². The Morgan fingerprint density at radius 1 is 1.27 bits per heavy atom. The van der Waals surface area contributed by atoms with Gasteiger partial charge in [0.2, 0.25) is 0 Å². The van der Waals surface area contributed by atoms with Crippen molar-refractivity contribution in [3.8, 4) is 0 Å². The molecule has 1 fully saturated rings. The second-order valence-corrected chi connectivity index (χ2v) is 6.20. The lowest BCUT2D eigenvalue weighted by Crippen LogP contribution is -2.54. The van der Waals surface area contributed by atoms with Crippen molar-refractivity contribution in [1.29, 1.82) is 0 Å². The van der Waals surface area contributed by atoms with Crippen molar-refractivity contribution in [3.05, 3.63) is 35.9 Å². The number of benzene rings is 1. The third kappa shape index (κ3) is 5.17. The van der Waals surface area contributed by atoms with Crippen molar-refractivity contribution >= 4 is 11.9 Å². The van der Waals surface area contributed by atoms with E-state index in [-0.39, 0.29) is 12.4 Å². The van der Waals surface area contributed by atoms with Gasteiger partial charge in [0, 0.05) is 39.4 Å². The minimum Gasteiger partial charge on any atom is -0.412 e. The third-order valence-electron chi connectivity index (χ3n) is 3.94. The summed E-state index contributed by atoms with van der Waals surface area (Å²) >= 11 is 1.40. The number of alkyl halides is 2. The minimum atomic E-state index is -2.59. The molecule has 2 unspecified atom stereocenters. The molecule has 0 amide bonds. The number of hydrogen-bond acceptors (Lipinski definition) is 3. The van der Waals surface area contributed by atoms with Crippen molar-refractivity contribution in [2.45, 2.75) is 19.4 Å².